The number of carbonyl (C=O) groups is 1. The van der Waals surface area contributed by atoms with Gasteiger partial charge in [-0.25, -0.2) is 9.97 Å². The Morgan fingerprint density at radius 2 is 1.63 bits per heavy atom. The molecule has 0 saturated carbocycles. The lowest BCUT2D eigenvalue weighted by Gasteiger charge is -2.35. The van der Waals surface area contributed by atoms with Crippen molar-refractivity contribution in [1.29, 1.82) is 0 Å². The van der Waals surface area contributed by atoms with Crippen molar-refractivity contribution in [1.82, 2.24) is 29.9 Å². The van der Waals surface area contributed by atoms with Gasteiger partial charge in [-0.05, 0) is 55.5 Å². The lowest BCUT2D eigenvalue weighted by molar-refractivity contribution is -0.133. The molecule has 0 unspecified atom stereocenters. The summed E-state index contributed by atoms with van der Waals surface area (Å²) in [6, 6.07) is 14.6. The van der Waals surface area contributed by atoms with Crippen LogP contribution in [0, 0.1) is 0 Å². The van der Waals surface area contributed by atoms with Gasteiger partial charge in [0.25, 0.3) is 5.91 Å². The van der Waals surface area contributed by atoms with Crippen LogP contribution in [-0.2, 0) is 4.79 Å². The van der Waals surface area contributed by atoms with Gasteiger partial charge < -0.3 is 19.3 Å². The number of hydrogen-bond donors (Lipinski definition) is 0. The third-order valence-corrected chi connectivity index (χ3v) is 5.97. The van der Waals surface area contributed by atoms with Crippen molar-refractivity contribution in [3.8, 4) is 17.2 Å². The Balaban J connectivity index is 1.21. The highest BCUT2D eigenvalue weighted by atomic mass is 35.5. The highest BCUT2D eigenvalue weighted by Gasteiger charge is 2.25. The molecule has 3 heterocycles. The Labute approximate surface area is 207 Å². The van der Waals surface area contributed by atoms with Crippen molar-refractivity contribution in [2.75, 3.05) is 44.3 Å². The summed E-state index contributed by atoms with van der Waals surface area (Å²) in [6.07, 6.45) is 1.51. The monoisotopic (exact) mass is 493 g/mol. The van der Waals surface area contributed by atoms with Gasteiger partial charge in [0.2, 0.25) is 0 Å². The van der Waals surface area contributed by atoms with Crippen molar-refractivity contribution in [2.24, 2.45) is 0 Å². The summed E-state index contributed by atoms with van der Waals surface area (Å²) in [6.45, 7) is 4.88. The van der Waals surface area contributed by atoms with Crippen LogP contribution in [0.4, 0.5) is 5.82 Å². The zero-order chi connectivity index (χ0) is 24.2. The summed E-state index contributed by atoms with van der Waals surface area (Å²) in [7, 11) is 0. The van der Waals surface area contributed by atoms with E-state index in [1.807, 2.05) is 31.2 Å². The normalized spacial score (nSPS) is 13.8. The number of amides is 1. The SMILES string of the molecule is CCOc1ccc(OCC(=O)N2CCN(c3ncnc4c3nnn4-c3ccc(Cl)cc3)CC2)cc1. The Morgan fingerprint density at radius 3 is 2.31 bits per heavy atom. The maximum absolute atomic E-state index is 12.7. The number of anilines is 1. The second kappa shape index (κ2) is 10.1. The van der Waals surface area contributed by atoms with E-state index in [0.717, 1.165) is 11.4 Å². The van der Waals surface area contributed by atoms with E-state index in [2.05, 4.69) is 25.2 Å². The van der Waals surface area contributed by atoms with Crippen LogP contribution in [0.1, 0.15) is 6.92 Å². The summed E-state index contributed by atoms with van der Waals surface area (Å²) in [5, 5.41) is 9.24. The maximum atomic E-state index is 12.7. The van der Waals surface area contributed by atoms with Gasteiger partial charge in [0, 0.05) is 31.2 Å². The van der Waals surface area contributed by atoms with Gasteiger partial charge in [-0.15, -0.1) is 5.10 Å². The minimum atomic E-state index is -0.0555. The Morgan fingerprint density at radius 1 is 0.943 bits per heavy atom. The van der Waals surface area contributed by atoms with Gasteiger partial charge in [-0.2, -0.15) is 4.68 Å². The second-order valence-electron chi connectivity index (χ2n) is 7.91. The van der Waals surface area contributed by atoms with Gasteiger partial charge in [0.15, 0.2) is 23.6 Å². The molecular weight excluding hydrogens is 470 g/mol. The minimum absolute atomic E-state index is 0.0127. The third-order valence-electron chi connectivity index (χ3n) is 5.72. The molecule has 0 bridgehead atoms. The Bertz CT molecular complexity index is 1300. The summed E-state index contributed by atoms with van der Waals surface area (Å²) in [5.41, 5.74) is 2.03. The van der Waals surface area contributed by atoms with E-state index in [4.69, 9.17) is 21.1 Å². The Kier molecular flexibility index (Phi) is 6.62. The first-order valence-electron chi connectivity index (χ1n) is 11.3. The number of ether oxygens (including phenoxy) is 2. The predicted octanol–water partition coefficient (Wildman–Crippen LogP) is 2.99. The first-order chi connectivity index (χ1) is 17.1. The lowest BCUT2D eigenvalue weighted by Crippen LogP contribution is -2.50. The molecule has 2 aromatic heterocycles. The molecule has 1 fully saturated rings. The molecule has 0 radical (unpaired) electrons. The molecule has 1 aliphatic heterocycles. The molecule has 4 aromatic rings. The van der Waals surface area contributed by atoms with Gasteiger partial charge >= 0.3 is 0 Å². The van der Waals surface area contributed by atoms with Crippen LogP contribution in [0.15, 0.2) is 54.9 Å². The first kappa shape index (κ1) is 22.9. The van der Waals surface area contributed by atoms with E-state index in [9.17, 15) is 4.79 Å². The fraction of sp³-hybridized carbons (Fsp3) is 0.292. The average molecular weight is 494 g/mol. The van der Waals surface area contributed by atoms with Crippen molar-refractivity contribution >= 4 is 34.5 Å². The molecule has 35 heavy (non-hydrogen) atoms. The second-order valence-corrected chi connectivity index (χ2v) is 8.34. The van der Waals surface area contributed by atoms with Crippen LogP contribution in [0.25, 0.3) is 16.9 Å². The van der Waals surface area contributed by atoms with E-state index >= 15 is 0 Å². The maximum Gasteiger partial charge on any atom is 0.260 e. The Hall–Kier alpha value is -3.92. The third kappa shape index (κ3) is 4.97. The zero-order valence-electron chi connectivity index (χ0n) is 19.2. The van der Waals surface area contributed by atoms with Crippen molar-refractivity contribution in [2.45, 2.75) is 6.92 Å². The number of hydrogen-bond acceptors (Lipinski definition) is 8. The van der Waals surface area contributed by atoms with Crippen LogP contribution < -0.4 is 14.4 Å². The van der Waals surface area contributed by atoms with Crippen molar-refractivity contribution in [3.05, 3.63) is 59.9 Å². The molecule has 1 amide bonds. The highest BCUT2D eigenvalue weighted by Crippen LogP contribution is 2.24. The van der Waals surface area contributed by atoms with Gasteiger partial charge in [-0.3, -0.25) is 4.79 Å². The predicted molar refractivity (Wildman–Crippen MR) is 131 cm³/mol. The topological polar surface area (TPSA) is 98.5 Å². The molecule has 5 rings (SSSR count). The van der Waals surface area contributed by atoms with Gasteiger partial charge in [0.05, 0.1) is 12.3 Å². The summed E-state index contributed by atoms with van der Waals surface area (Å²) in [4.78, 5) is 25.4. The number of nitrogens with zero attached hydrogens (tertiary/aromatic N) is 7. The van der Waals surface area contributed by atoms with E-state index in [1.165, 1.54) is 6.33 Å². The standard InChI is InChI=1S/C24H24ClN7O3/c1-2-34-19-7-9-20(10-8-19)35-15-21(33)30-11-13-31(14-12-30)23-22-24(27-16-26-23)32(29-28-22)18-5-3-17(25)4-6-18/h3-10,16H,2,11-15H2,1H3. The molecule has 0 atom stereocenters. The number of halogens is 1. The molecule has 1 saturated heterocycles. The number of piperazine rings is 1. The number of rotatable bonds is 7. The first-order valence-corrected chi connectivity index (χ1v) is 11.7. The molecule has 11 heteroatoms. The summed E-state index contributed by atoms with van der Waals surface area (Å²) < 4.78 is 12.8. The molecular formula is C24H24ClN7O3. The summed E-state index contributed by atoms with van der Waals surface area (Å²) >= 11 is 6.00. The lowest BCUT2D eigenvalue weighted by atomic mass is 10.3. The molecule has 0 spiro atoms. The number of aromatic nitrogens is 5. The largest absolute Gasteiger partial charge is 0.494 e. The van der Waals surface area contributed by atoms with E-state index in [0.29, 0.717) is 60.5 Å². The molecule has 0 N–H and O–H groups in total. The fourth-order valence-electron chi connectivity index (χ4n) is 3.93. The highest BCUT2D eigenvalue weighted by molar-refractivity contribution is 6.30. The van der Waals surface area contributed by atoms with Crippen LogP contribution in [-0.4, -0.2) is 75.2 Å². The summed E-state index contributed by atoms with van der Waals surface area (Å²) in [5.74, 6) is 2.05. The molecule has 180 valence electrons. The average Bonchev–Trinajstić information content (AvgIpc) is 3.33. The van der Waals surface area contributed by atoms with Crippen LogP contribution in [0.3, 0.4) is 0 Å². The number of benzene rings is 2. The smallest absolute Gasteiger partial charge is 0.260 e. The fourth-order valence-corrected chi connectivity index (χ4v) is 4.05. The van der Waals surface area contributed by atoms with E-state index in [-0.39, 0.29) is 12.5 Å². The minimum Gasteiger partial charge on any atom is -0.494 e. The van der Waals surface area contributed by atoms with Crippen LogP contribution in [0.2, 0.25) is 5.02 Å². The molecule has 1 aliphatic rings. The van der Waals surface area contributed by atoms with E-state index in [1.54, 1.807) is 33.8 Å². The van der Waals surface area contributed by atoms with Gasteiger partial charge in [0.1, 0.15) is 17.8 Å². The molecule has 0 aliphatic carbocycles. The zero-order valence-corrected chi connectivity index (χ0v) is 19.9. The molecule has 10 nitrogen and oxygen atoms in total. The van der Waals surface area contributed by atoms with E-state index < -0.39 is 0 Å². The van der Waals surface area contributed by atoms with Crippen molar-refractivity contribution in [3.63, 3.8) is 0 Å². The van der Waals surface area contributed by atoms with Crippen molar-refractivity contribution < 1.29 is 14.3 Å². The number of carbonyl (C=O) groups excluding carboxylic acids is 1. The molecule has 2 aromatic carbocycles. The van der Waals surface area contributed by atoms with Gasteiger partial charge in [-0.1, -0.05) is 16.8 Å². The number of fused-ring (bicyclic) bond motifs is 1. The quantitative estimate of drug-likeness (QED) is 0.387. The van der Waals surface area contributed by atoms with Crippen LogP contribution >= 0.6 is 11.6 Å². The van der Waals surface area contributed by atoms with Crippen LogP contribution in [0.5, 0.6) is 11.5 Å².